The van der Waals surface area contributed by atoms with Crippen molar-refractivity contribution in [3.63, 3.8) is 0 Å². The number of carbonyl (C=O) groups is 4. The average molecular weight is 612 g/mol. The highest BCUT2D eigenvalue weighted by atomic mass is 79.9. The van der Waals surface area contributed by atoms with Crippen LogP contribution in [-0.2, 0) is 14.4 Å². The van der Waals surface area contributed by atoms with Gasteiger partial charge in [-0.3, -0.25) is 19.7 Å². The van der Waals surface area contributed by atoms with E-state index in [-0.39, 0.29) is 36.2 Å². The van der Waals surface area contributed by atoms with E-state index in [1.54, 1.807) is 6.07 Å². The van der Waals surface area contributed by atoms with E-state index >= 15 is 0 Å². The Morgan fingerprint density at radius 3 is 2.58 bits per heavy atom. The Kier molecular flexibility index (Phi) is 7.38. The number of amides is 5. The lowest BCUT2D eigenvalue weighted by Crippen LogP contribution is -2.54. The van der Waals surface area contributed by atoms with Gasteiger partial charge < -0.3 is 24.3 Å². The van der Waals surface area contributed by atoms with Crippen LogP contribution in [-0.4, -0.2) is 44.3 Å². The summed E-state index contributed by atoms with van der Waals surface area (Å²) in [4.78, 5) is 51.6. The van der Waals surface area contributed by atoms with Crippen molar-refractivity contribution in [1.29, 1.82) is 0 Å². The Bertz CT molecular complexity index is 1570. The summed E-state index contributed by atoms with van der Waals surface area (Å²) in [6.07, 6.45) is 1.29. The van der Waals surface area contributed by atoms with E-state index in [1.165, 1.54) is 61.7 Å². The number of barbiturate groups is 1. The summed E-state index contributed by atoms with van der Waals surface area (Å²) in [5, 5.41) is 4.74. The smallest absolute Gasteiger partial charge is 0.335 e. The molecule has 13 heteroatoms. The lowest BCUT2D eigenvalue weighted by Gasteiger charge is -2.26. The largest absolute Gasteiger partial charge is 0.493 e. The number of nitrogens with zero attached hydrogens (tertiary/aromatic N) is 1. The van der Waals surface area contributed by atoms with E-state index in [4.69, 9.17) is 18.9 Å². The van der Waals surface area contributed by atoms with Crippen LogP contribution in [0.3, 0.4) is 0 Å². The fourth-order valence-electron chi connectivity index (χ4n) is 3.88. The van der Waals surface area contributed by atoms with Gasteiger partial charge in [-0.15, -0.1) is 0 Å². The minimum Gasteiger partial charge on any atom is -0.493 e. The predicted molar refractivity (Wildman–Crippen MR) is 143 cm³/mol. The van der Waals surface area contributed by atoms with E-state index in [9.17, 15) is 23.6 Å². The molecule has 11 nitrogen and oxygen atoms in total. The number of imide groups is 2. The molecule has 204 valence electrons. The third kappa shape index (κ3) is 5.45. The Hall–Kier alpha value is -4.91. The number of halogens is 2. The van der Waals surface area contributed by atoms with Gasteiger partial charge in [0.15, 0.2) is 29.6 Å². The number of hydrogen-bond donors (Lipinski definition) is 2. The van der Waals surface area contributed by atoms with Crippen LogP contribution in [0.2, 0.25) is 0 Å². The third-order valence-electron chi connectivity index (χ3n) is 5.79. The Labute approximate surface area is 234 Å². The van der Waals surface area contributed by atoms with Gasteiger partial charge in [0.05, 0.1) is 12.8 Å². The minimum atomic E-state index is -0.912. The molecular weight excluding hydrogens is 593 g/mol. The summed E-state index contributed by atoms with van der Waals surface area (Å²) >= 11 is 3.38. The van der Waals surface area contributed by atoms with Gasteiger partial charge in [0, 0.05) is 16.2 Å². The van der Waals surface area contributed by atoms with Gasteiger partial charge >= 0.3 is 6.03 Å². The summed E-state index contributed by atoms with van der Waals surface area (Å²) in [7, 11) is 1.38. The molecule has 2 N–H and O–H groups in total. The molecule has 0 aromatic heterocycles. The maximum absolute atomic E-state index is 13.3. The molecule has 0 atom stereocenters. The second-order valence-electron chi connectivity index (χ2n) is 8.36. The van der Waals surface area contributed by atoms with Crippen LogP contribution in [0.5, 0.6) is 23.0 Å². The van der Waals surface area contributed by atoms with E-state index in [2.05, 4.69) is 26.6 Å². The first kappa shape index (κ1) is 26.7. The van der Waals surface area contributed by atoms with Crippen LogP contribution < -0.4 is 34.5 Å². The second-order valence-corrected chi connectivity index (χ2v) is 9.22. The lowest BCUT2D eigenvalue weighted by atomic mass is 10.1. The van der Waals surface area contributed by atoms with Crippen molar-refractivity contribution in [3.05, 3.63) is 76.0 Å². The lowest BCUT2D eigenvalue weighted by molar-refractivity contribution is -0.122. The van der Waals surface area contributed by atoms with Crippen LogP contribution in [0.25, 0.3) is 6.08 Å². The monoisotopic (exact) mass is 611 g/mol. The zero-order valence-electron chi connectivity index (χ0n) is 20.7. The van der Waals surface area contributed by atoms with Crippen molar-refractivity contribution < 1.29 is 42.5 Å². The van der Waals surface area contributed by atoms with Gasteiger partial charge in [-0.1, -0.05) is 15.9 Å². The van der Waals surface area contributed by atoms with Crippen molar-refractivity contribution in [1.82, 2.24) is 5.32 Å². The summed E-state index contributed by atoms with van der Waals surface area (Å²) in [5.74, 6) is -1.43. The van der Waals surface area contributed by atoms with Gasteiger partial charge in [0.1, 0.15) is 11.4 Å². The molecule has 2 aliphatic rings. The molecule has 0 radical (unpaired) electrons. The molecule has 3 aromatic rings. The number of benzene rings is 3. The average Bonchev–Trinajstić information content (AvgIpc) is 3.40. The molecular formula is C27H19BrFN3O8. The van der Waals surface area contributed by atoms with Crippen molar-refractivity contribution in [2.24, 2.45) is 0 Å². The molecule has 3 aromatic carbocycles. The zero-order valence-corrected chi connectivity index (χ0v) is 22.2. The molecule has 0 unspecified atom stereocenters. The van der Waals surface area contributed by atoms with Crippen LogP contribution >= 0.6 is 15.9 Å². The van der Waals surface area contributed by atoms with Crippen LogP contribution in [0.15, 0.2) is 64.6 Å². The SMILES string of the molecule is COc1cc(/C=C2\C(=O)NC(=O)N(c3ccc4c(c3)OCO4)C2=O)c(Br)cc1OCC(=O)Nc1ccc(F)cc1. The van der Waals surface area contributed by atoms with Crippen molar-refractivity contribution in [3.8, 4) is 23.0 Å². The Balaban J connectivity index is 1.36. The number of urea groups is 1. The number of anilines is 2. The first-order valence-electron chi connectivity index (χ1n) is 11.6. The molecule has 5 amide bonds. The molecule has 0 aliphatic carbocycles. The molecule has 1 saturated heterocycles. The molecule has 1 fully saturated rings. The number of hydrogen-bond acceptors (Lipinski definition) is 8. The highest BCUT2D eigenvalue weighted by Gasteiger charge is 2.37. The summed E-state index contributed by atoms with van der Waals surface area (Å²) < 4.78 is 35.0. The number of carbonyl (C=O) groups excluding carboxylic acids is 4. The Morgan fingerprint density at radius 2 is 1.82 bits per heavy atom. The first-order chi connectivity index (χ1) is 19.2. The van der Waals surface area contributed by atoms with Crippen LogP contribution in [0, 0.1) is 5.82 Å². The number of rotatable bonds is 7. The fourth-order valence-corrected chi connectivity index (χ4v) is 4.32. The summed E-state index contributed by atoms with van der Waals surface area (Å²) in [5.41, 5.74) is 0.629. The first-order valence-corrected chi connectivity index (χ1v) is 12.4. The molecule has 0 bridgehead atoms. The fraction of sp³-hybridized carbons (Fsp3) is 0.111. The summed E-state index contributed by atoms with van der Waals surface area (Å²) in [6.45, 7) is -0.370. The van der Waals surface area contributed by atoms with Gasteiger partial charge in [-0.25, -0.2) is 14.1 Å². The number of methoxy groups -OCH3 is 1. The van der Waals surface area contributed by atoms with Gasteiger partial charge in [-0.2, -0.15) is 0 Å². The van der Waals surface area contributed by atoms with Crippen molar-refractivity contribution in [2.75, 3.05) is 30.7 Å². The highest BCUT2D eigenvalue weighted by molar-refractivity contribution is 9.10. The Morgan fingerprint density at radius 1 is 1.07 bits per heavy atom. The zero-order chi connectivity index (χ0) is 28.4. The second kappa shape index (κ2) is 11.1. The van der Waals surface area contributed by atoms with E-state index in [1.807, 2.05) is 0 Å². The van der Waals surface area contributed by atoms with Gasteiger partial charge in [0.2, 0.25) is 6.79 Å². The molecule has 0 saturated carbocycles. The number of nitrogens with one attached hydrogen (secondary N) is 2. The van der Waals surface area contributed by atoms with Crippen LogP contribution in [0.4, 0.5) is 20.6 Å². The van der Waals surface area contributed by atoms with Crippen molar-refractivity contribution >= 4 is 57.1 Å². The molecule has 2 aliphatic heterocycles. The van der Waals surface area contributed by atoms with E-state index in [0.29, 0.717) is 27.2 Å². The minimum absolute atomic E-state index is 0.0110. The summed E-state index contributed by atoms with van der Waals surface area (Å²) in [6, 6.07) is 11.8. The molecule has 5 rings (SSSR count). The number of fused-ring (bicyclic) bond motifs is 1. The topological polar surface area (TPSA) is 133 Å². The highest BCUT2D eigenvalue weighted by Crippen LogP contribution is 2.38. The van der Waals surface area contributed by atoms with Crippen LogP contribution in [0.1, 0.15) is 5.56 Å². The molecule has 0 spiro atoms. The third-order valence-corrected chi connectivity index (χ3v) is 6.47. The quantitative estimate of drug-likeness (QED) is 0.302. The molecule has 2 heterocycles. The maximum Gasteiger partial charge on any atom is 0.335 e. The number of ether oxygens (including phenoxy) is 4. The normalized spacial score (nSPS) is 15.2. The predicted octanol–water partition coefficient (Wildman–Crippen LogP) is 4.01. The van der Waals surface area contributed by atoms with E-state index in [0.717, 1.165) is 4.90 Å². The van der Waals surface area contributed by atoms with E-state index < -0.39 is 29.6 Å². The van der Waals surface area contributed by atoms with Gasteiger partial charge in [0.25, 0.3) is 17.7 Å². The maximum atomic E-state index is 13.3. The standard InChI is InChI=1S/C27H19BrFN3O8/c1-37-21-9-14(19(28)11-23(21)38-12-24(33)30-16-4-2-15(29)3-5-16)8-18-25(34)31-27(36)32(26(18)35)17-6-7-20-22(10-17)40-13-39-20/h2-11H,12-13H2,1H3,(H,30,33)(H,31,34,36)/b18-8+. The van der Waals surface area contributed by atoms with Crippen molar-refractivity contribution in [2.45, 2.75) is 0 Å². The van der Waals surface area contributed by atoms with Gasteiger partial charge in [-0.05, 0) is 60.2 Å². The molecule has 40 heavy (non-hydrogen) atoms.